The summed E-state index contributed by atoms with van der Waals surface area (Å²) in [6.45, 7) is 0. The summed E-state index contributed by atoms with van der Waals surface area (Å²) in [5.74, 6) is -0.872. The number of nitrogens with one attached hydrogen (secondary N) is 1. The lowest BCUT2D eigenvalue weighted by Gasteiger charge is -2.09. The second kappa shape index (κ2) is 4.27. The van der Waals surface area contributed by atoms with E-state index < -0.39 is 28.4 Å². The van der Waals surface area contributed by atoms with Crippen molar-refractivity contribution in [1.82, 2.24) is 4.98 Å². The van der Waals surface area contributed by atoms with Crippen molar-refractivity contribution in [2.24, 2.45) is 0 Å². The maximum Gasteiger partial charge on any atom is 0.574 e. The molecule has 1 rings (SSSR count). The highest BCUT2D eigenvalue weighted by Crippen LogP contribution is 2.25. The Kier molecular flexibility index (Phi) is 3.40. The molecule has 0 atom stereocenters. The monoisotopic (exact) mass is 350 g/mol. The number of pyridine rings is 1. The molecular formula is C6H2F3IN2O4. The molecule has 0 unspecified atom stereocenters. The van der Waals surface area contributed by atoms with Crippen LogP contribution in [0.2, 0.25) is 0 Å². The van der Waals surface area contributed by atoms with Crippen LogP contribution in [0.15, 0.2) is 10.9 Å². The summed E-state index contributed by atoms with van der Waals surface area (Å²) in [6, 6.07) is 0.695. The van der Waals surface area contributed by atoms with Gasteiger partial charge in [0, 0.05) is 6.07 Å². The highest BCUT2D eigenvalue weighted by Gasteiger charge is 2.33. The maximum absolute atomic E-state index is 11.8. The van der Waals surface area contributed by atoms with Crippen molar-refractivity contribution in [3.63, 3.8) is 0 Å². The molecular weight excluding hydrogens is 348 g/mol. The van der Waals surface area contributed by atoms with E-state index in [2.05, 4.69) is 4.74 Å². The van der Waals surface area contributed by atoms with Gasteiger partial charge in [-0.3, -0.25) is 19.9 Å². The molecule has 0 spiro atoms. The number of ether oxygens (including phenoxy) is 1. The largest absolute Gasteiger partial charge is 0.574 e. The summed E-state index contributed by atoms with van der Waals surface area (Å²) >= 11 is 1.38. The van der Waals surface area contributed by atoms with Gasteiger partial charge in [-0.2, -0.15) is 0 Å². The number of nitro groups is 1. The number of rotatable bonds is 2. The number of nitrogens with zero attached hydrogens (tertiary/aromatic N) is 1. The van der Waals surface area contributed by atoms with E-state index >= 15 is 0 Å². The van der Waals surface area contributed by atoms with Crippen LogP contribution in [-0.2, 0) is 0 Å². The average molecular weight is 350 g/mol. The molecule has 0 saturated heterocycles. The molecule has 88 valence electrons. The van der Waals surface area contributed by atoms with Gasteiger partial charge in [0.15, 0.2) is 0 Å². The number of hydrogen-bond acceptors (Lipinski definition) is 4. The molecule has 0 radical (unpaired) electrons. The molecule has 16 heavy (non-hydrogen) atoms. The third-order valence-corrected chi connectivity index (χ3v) is 2.16. The Morgan fingerprint density at radius 3 is 2.50 bits per heavy atom. The lowest BCUT2D eigenvalue weighted by atomic mass is 10.4. The minimum Gasteiger partial charge on any atom is -0.389 e. The lowest BCUT2D eigenvalue weighted by molar-refractivity contribution is -0.386. The zero-order valence-electron chi connectivity index (χ0n) is 7.17. The van der Waals surface area contributed by atoms with E-state index in [1.165, 1.54) is 22.6 Å². The molecule has 1 aromatic rings. The van der Waals surface area contributed by atoms with E-state index in [4.69, 9.17) is 0 Å². The number of halogens is 4. The first-order valence-electron chi connectivity index (χ1n) is 3.53. The molecule has 1 N–H and O–H groups in total. The summed E-state index contributed by atoms with van der Waals surface area (Å²) in [7, 11) is 0. The van der Waals surface area contributed by atoms with Crippen LogP contribution in [0.1, 0.15) is 0 Å². The van der Waals surface area contributed by atoms with E-state index in [0.717, 1.165) is 0 Å². The maximum atomic E-state index is 11.8. The summed E-state index contributed by atoms with van der Waals surface area (Å²) in [5, 5.41) is 10.3. The third-order valence-electron chi connectivity index (χ3n) is 1.35. The van der Waals surface area contributed by atoms with Gasteiger partial charge in [0.25, 0.3) is 0 Å². The zero-order chi connectivity index (χ0) is 12.5. The quantitative estimate of drug-likeness (QED) is 0.501. The van der Waals surface area contributed by atoms with Gasteiger partial charge >= 0.3 is 17.6 Å². The van der Waals surface area contributed by atoms with Gasteiger partial charge in [0.05, 0.1) is 8.49 Å². The fourth-order valence-corrected chi connectivity index (χ4v) is 1.34. The number of alkyl halides is 3. The fraction of sp³-hybridized carbons (Fsp3) is 0.167. The van der Waals surface area contributed by atoms with Crippen molar-refractivity contribution in [2.75, 3.05) is 0 Å². The van der Waals surface area contributed by atoms with Crippen molar-refractivity contribution < 1.29 is 22.8 Å². The van der Waals surface area contributed by atoms with Crippen LogP contribution in [-0.4, -0.2) is 16.3 Å². The topological polar surface area (TPSA) is 85.2 Å². The number of aromatic amines is 1. The number of H-pyrrole nitrogens is 1. The molecule has 1 aromatic heterocycles. The van der Waals surface area contributed by atoms with Crippen LogP contribution < -0.4 is 10.3 Å². The van der Waals surface area contributed by atoms with Gasteiger partial charge in [-0.05, 0) is 22.6 Å². The first-order valence-corrected chi connectivity index (χ1v) is 4.61. The summed E-state index contributed by atoms with van der Waals surface area (Å²) in [4.78, 5) is 21.9. The van der Waals surface area contributed by atoms with Crippen molar-refractivity contribution in [2.45, 2.75) is 6.36 Å². The Balaban J connectivity index is 3.21. The van der Waals surface area contributed by atoms with Gasteiger partial charge < -0.3 is 4.74 Å². The van der Waals surface area contributed by atoms with Gasteiger partial charge in [-0.25, -0.2) is 0 Å². The Hall–Kier alpha value is -1.33. The summed E-state index contributed by atoms with van der Waals surface area (Å²) in [6.07, 6.45) is -4.97. The second-order valence-corrected chi connectivity index (χ2v) is 3.63. The van der Waals surface area contributed by atoms with E-state index in [1.807, 2.05) is 0 Å². The Bertz CT molecular complexity index is 484. The highest BCUT2D eigenvalue weighted by atomic mass is 127. The van der Waals surface area contributed by atoms with Crippen LogP contribution in [0.4, 0.5) is 18.9 Å². The van der Waals surface area contributed by atoms with Crippen molar-refractivity contribution in [3.8, 4) is 5.88 Å². The van der Waals surface area contributed by atoms with Crippen LogP contribution in [0.5, 0.6) is 5.88 Å². The molecule has 1 heterocycles. The van der Waals surface area contributed by atoms with Crippen LogP contribution in [0.3, 0.4) is 0 Å². The van der Waals surface area contributed by atoms with E-state index in [-0.39, 0.29) is 3.57 Å². The molecule has 10 heteroatoms. The van der Waals surface area contributed by atoms with E-state index in [0.29, 0.717) is 6.07 Å². The zero-order valence-corrected chi connectivity index (χ0v) is 9.33. The first-order chi connectivity index (χ1) is 7.20. The lowest BCUT2D eigenvalue weighted by Crippen LogP contribution is -2.22. The second-order valence-electron chi connectivity index (χ2n) is 2.47. The number of aromatic nitrogens is 1. The van der Waals surface area contributed by atoms with Crippen LogP contribution in [0, 0.1) is 13.7 Å². The smallest absolute Gasteiger partial charge is 0.389 e. The highest BCUT2D eigenvalue weighted by molar-refractivity contribution is 14.1. The van der Waals surface area contributed by atoms with Gasteiger partial charge in [0.2, 0.25) is 5.88 Å². The molecule has 0 aromatic carbocycles. The first kappa shape index (κ1) is 12.7. The molecule has 0 fully saturated rings. The minimum atomic E-state index is -4.97. The van der Waals surface area contributed by atoms with Crippen LogP contribution in [0.25, 0.3) is 0 Å². The van der Waals surface area contributed by atoms with Crippen molar-refractivity contribution in [3.05, 3.63) is 30.1 Å². The molecule has 0 bridgehead atoms. The standard InChI is InChI=1S/C6H2F3IN2O4/c7-6(8,9)16-5-2(10)1-3(12(14)15)4(13)11-5/h1H,(H,11,13). The Morgan fingerprint density at radius 1 is 1.50 bits per heavy atom. The average Bonchev–Trinajstić information content (AvgIpc) is 2.07. The summed E-state index contributed by atoms with van der Waals surface area (Å²) < 4.78 is 38.7. The van der Waals surface area contributed by atoms with Gasteiger partial charge in [-0.15, -0.1) is 13.2 Å². The summed E-state index contributed by atoms with van der Waals surface area (Å²) in [5.41, 5.74) is -2.11. The van der Waals surface area contributed by atoms with Crippen molar-refractivity contribution >= 4 is 28.3 Å². The SMILES string of the molecule is O=c1[nH]c(OC(F)(F)F)c(I)cc1[N+](=O)[O-]. The Morgan fingerprint density at radius 2 is 2.06 bits per heavy atom. The fourth-order valence-electron chi connectivity index (χ4n) is 0.804. The molecule has 0 aliphatic rings. The third kappa shape index (κ3) is 3.08. The molecule has 0 amide bonds. The normalized spacial score (nSPS) is 11.2. The van der Waals surface area contributed by atoms with Gasteiger partial charge in [-0.1, -0.05) is 0 Å². The Labute approximate surface area is 98.7 Å². The predicted molar refractivity (Wildman–Crippen MR) is 53.1 cm³/mol. The molecule has 0 saturated carbocycles. The molecule has 0 aliphatic carbocycles. The minimum absolute atomic E-state index is 0.221. The molecule has 6 nitrogen and oxygen atoms in total. The van der Waals surface area contributed by atoms with Crippen LogP contribution >= 0.6 is 22.6 Å². The number of hydrogen-bond donors (Lipinski definition) is 1. The van der Waals surface area contributed by atoms with E-state index in [9.17, 15) is 28.1 Å². The predicted octanol–water partition coefficient (Wildman–Crippen LogP) is 1.79. The van der Waals surface area contributed by atoms with Crippen molar-refractivity contribution in [1.29, 1.82) is 0 Å². The van der Waals surface area contributed by atoms with E-state index in [1.54, 1.807) is 4.98 Å². The van der Waals surface area contributed by atoms with Gasteiger partial charge in [0.1, 0.15) is 0 Å². The molecule has 0 aliphatic heterocycles.